The fraction of sp³-hybridized carbons (Fsp3) is 0.588. The molecule has 1 rings (SSSR count). The van der Waals surface area contributed by atoms with Gasteiger partial charge in [0.15, 0.2) is 0 Å². The molecule has 0 saturated heterocycles. The summed E-state index contributed by atoms with van der Waals surface area (Å²) in [6.45, 7) is 8.74. The van der Waals surface area contributed by atoms with Gasteiger partial charge in [0.05, 0.1) is 12.3 Å². The van der Waals surface area contributed by atoms with Crippen LogP contribution in [-0.4, -0.2) is 18.1 Å². The van der Waals surface area contributed by atoms with E-state index in [0.29, 0.717) is 25.1 Å². The molecule has 0 atom stereocenters. The van der Waals surface area contributed by atoms with E-state index in [0.717, 1.165) is 24.2 Å². The van der Waals surface area contributed by atoms with Crippen molar-refractivity contribution in [2.45, 2.75) is 58.9 Å². The summed E-state index contributed by atoms with van der Waals surface area (Å²) in [5, 5.41) is 2.95. The van der Waals surface area contributed by atoms with Crippen molar-refractivity contribution in [1.82, 2.24) is 5.32 Å². The van der Waals surface area contributed by atoms with Crippen molar-refractivity contribution >= 4 is 11.6 Å². The van der Waals surface area contributed by atoms with E-state index in [1.807, 2.05) is 39.0 Å². The first kappa shape index (κ1) is 17.3. The molecular formula is C17H28N2O2. The van der Waals surface area contributed by atoms with Crippen LogP contribution in [0.25, 0.3) is 0 Å². The molecule has 4 nitrogen and oxygen atoms in total. The average Bonchev–Trinajstić information content (AvgIpc) is 2.37. The first-order chi connectivity index (χ1) is 9.81. The summed E-state index contributed by atoms with van der Waals surface area (Å²) in [7, 11) is 0. The minimum Gasteiger partial charge on any atom is -0.491 e. The number of rotatable bonds is 7. The monoisotopic (exact) mass is 292 g/mol. The number of nitrogens with two attached hydrogens (primary N) is 1. The first-order valence-corrected chi connectivity index (χ1v) is 7.64. The Hall–Kier alpha value is -1.71. The lowest BCUT2D eigenvalue weighted by molar-refractivity contribution is -0.122. The maximum Gasteiger partial charge on any atom is 0.220 e. The van der Waals surface area contributed by atoms with Crippen LogP contribution in [0.1, 0.15) is 52.5 Å². The Kier molecular flexibility index (Phi) is 6.53. The largest absolute Gasteiger partial charge is 0.491 e. The zero-order valence-electron chi connectivity index (χ0n) is 13.7. The van der Waals surface area contributed by atoms with Gasteiger partial charge in [-0.1, -0.05) is 19.4 Å². The van der Waals surface area contributed by atoms with Crippen LogP contribution < -0.4 is 15.8 Å². The molecular weight excluding hydrogens is 264 g/mol. The molecule has 0 bridgehead atoms. The van der Waals surface area contributed by atoms with Gasteiger partial charge in [0.25, 0.3) is 0 Å². The van der Waals surface area contributed by atoms with Gasteiger partial charge in [0, 0.05) is 12.0 Å². The fourth-order valence-corrected chi connectivity index (χ4v) is 1.95. The van der Waals surface area contributed by atoms with Crippen LogP contribution in [0.5, 0.6) is 5.75 Å². The highest BCUT2D eigenvalue weighted by molar-refractivity contribution is 5.77. The van der Waals surface area contributed by atoms with Gasteiger partial charge in [0.1, 0.15) is 5.75 Å². The molecule has 0 saturated carbocycles. The van der Waals surface area contributed by atoms with E-state index in [4.69, 9.17) is 10.5 Å². The number of benzene rings is 1. The lowest BCUT2D eigenvalue weighted by atomic mass is 10.1. The van der Waals surface area contributed by atoms with E-state index in [9.17, 15) is 4.79 Å². The quantitative estimate of drug-likeness (QED) is 0.598. The highest BCUT2D eigenvalue weighted by atomic mass is 16.5. The van der Waals surface area contributed by atoms with Crippen LogP contribution in [0.3, 0.4) is 0 Å². The van der Waals surface area contributed by atoms with Crippen molar-refractivity contribution in [2.24, 2.45) is 0 Å². The number of hydrogen-bond acceptors (Lipinski definition) is 3. The van der Waals surface area contributed by atoms with Gasteiger partial charge in [-0.25, -0.2) is 0 Å². The van der Waals surface area contributed by atoms with E-state index < -0.39 is 0 Å². The smallest absolute Gasteiger partial charge is 0.220 e. The summed E-state index contributed by atoms with van der Waals surface area (Å²) < 4.78 is 5.62. The van der Waals surface area contributed by atoms with E-state index >= 15 is 0 Å². The Morgan fingerprint density at radius 3 is 2.62 bits per heavy atom. The van der Waals surface area contributed by atoms with Gasteiger partial charge in [-0.3, -0.25) is 4.79 Å². The zero-order chi connectivity index (χ0) is 15.9. The van der Waals surface area contributed by atoms with Gasteiger partial charge in [-0.15, -0.1) is 0 Å². The zero-order valence-corrected chi connectivity index (χ0v) is 13.7. The first-order valence-electron chi connectivity index (χ1n) is 7.64. The predicted molar refractivity (Wildman–Crippen MR) is 87.5 cm³/mol. The van der Waals surface area contributed by atoms with Gasteiger partial charge in [-0.05, 0) is 51.3 Å². The molecule has 0 aliphatic carbocycles. The summed E-state index contributed by atoms with van der Waals surface area (Å²) >= 11 is 0. The van der Waals surface area contributed by atoms with Gasteiger partial charge in [0.2, 0.25) is 5.91 Å². The number of ether oxygens (including phenoxy) is 1. The molecule has 118 valence electrons. The molecule has 3 N–H and O–H groups in total. The molecule has 1 aromatic carbocycles. The summed E-state index contributed by atoms with van der Waals surface area (Å²) in [5.74, 6) is 0.788. The van der Waals surface area contributed by atoms with Crippen LogP contribution in [0.2, 0.25) is 0 Å². The molecule has 0 heterocycles. The molecule has 0 aliphatic heterocycles. The second-order valence-corrected chi connectivity index (χ2v) is 6.37. The third-order valence-corrected chi connectivity index (χ3v) is 2.98. The lowest BCUT2D eigenvalue weighted by Crippen LogP contribution is -2.40. The molecule has 0 spiro atoms. The molecule has 1 aromatic rings. The van der Waals surface area contributed by atoms with Gasteiger partial charge < -0.3 is 15.8 Å². The number of nitrogen functional groups attached to an aromatic ring is 1. The van der Waals surface area contributed by atoms with Crippen LogP contribution in [0, 0.1) is 0 Å². The maximum absolute atomic E-state index is 11.8. The van der Waals surface area contributed by atoms with Crippen molar-refractivity contribution in [3.8, 4) is 5.75 Å². The molecule has 0 aromatic heterocycles. The highest BCUT2D eigenvalue weighted by Gasteiger charge is 2.13. The standard InChI is InChI=1S/C17H28N2O2/c1-5-6-11-21-15-9-7-13(12-14(15)18)8-10-16(20)19-17(2,3)4/h7,9,12H,5-6,8,10-11,18H2,1-4H3,(H,19,20). The van der Waals surface area contributed by atoms with E-state index in [1.54, 1.807) is 0 Å². The number of carbonyl (C=O) groups excluding carboxylic acids is 1. The van der Waals surface area contributed by atoms with Crippen LogP contribution in [0.15, 0.2) is 18.2 Å². The van der Waals surface area contributed by atoms with Crippen molar-refractivity contribution < 1.29 is 9.53 Å². The van der Waals surface area contributed by atoms with Crippen LogP contribution in [0.4, 0.5) is 5.69 Å². The molecule has 1 amide bonds. The number of hydrogen-bond donors (Lipinski definition) is 2. The van der Waals surface area contributed by atoms with Crippen LogP contribution in [-0.2, 0) is 11.2 Å². The third kappa shape index (κ3) is 7.02. The maximum atomic E-state index is 11.8. The Morgan fingerprint density at radius 2 is 2.05 bits per heavy atom. The molecule has 0 radical (unpaired) electrons. The topological polar surface area (TPSA) is 64.3 Å². The number of aryl methyl sites for hydroxylation is 1. The highest BCUT2D eigenvalue weighted by Crippen LogP contribution is 2.23. The number of carbonyl (C=O) groups is 1. The van der Waals surface area contributed by atoms with Crippen molar-refractivity contribution in [3.63, 3.8) is 0 Å². The normalized spacial score (nSPS) is 11.2. The predicted octanol–water partition coefficient (Wildman–Crippen LogP) is 3.30. The van der Waals surface area contributed by atoms with Crippen LogP contribution >= 0.6 is 0 Å². The number of amides is 1. The molecule has 0 aliphatic rings. The molecule has 0 unspecified atom stereocenters. The fourth-order valence-electron chi connectivity index (χ4n) is 1.95. The average molecular weight is 292 g/mol. The Bertz CT molecular complexity index is 464. The van der Waals surface area contributed by atoms with Crippen molar-refractivity contribution in [3.05, 3.63) is 23.8 Å². The lowest BCUT2D eigenvalue weighted by Gasteiger charge is -2.20. The second kappa shape index (κ2) is 7.91. The summed E-state index contributed by atoms with van der Waals surface area (Å²) in [6.07, 6.45) is 3.27. The van der Waals surface area contributed by atoms with E-state index in [1.165, 1.54) is 0 Å². The molecule has 0 fully saturated rings. The number of unbranched alkanes of at least 4 members (excludes halogenated alkanes) is 1. The molecule has 21 heavy (non-hydrogen) atoms. The summed E-state index contributed by atoms with van der Waals surface area (Å²) in [6, 6.07) is 5.76. The van der Waals surface area contributed by atoms with E-state index in [2.05, 4.69) is 12.2 Å². The van der Waals surface area contributed by atoms with Gasteiger partial charge >= 0.3 is 0 Å². The summed E-state index contributed by atoms with van der Waals surface area (Å²) in [4.78, 5) is 11.8. The van der Waals surface area contributed by atoms with E-state index in [-0.39, 0.29) is 11.4 Å². The minimum absolute atomic E-state index is 0.0596. The Morgan fingerprint density at radius 1 is 1.33 bits per heavy atom. The Labute approximate surface area is 128 Å². The number of nitrogens with one attached hydrogen (secondary N) is 1. The number of anilines is 1. The minimum atomic E-state index is -0.187. The van der Waals surface area contributed by atoms with Crippen molar-refractivity contribution in [2.75, 3.05) is 12.3 Å². The van der Waals surface area contributed by atoms with Gasteiger partial charge in [-0.2, -0.15) is 0 Å². The molecule has 4 heteroatoms. The second-order valence-electron chi connectivity index (χ2n) is 6.37. The summed E-state index contributed by atoms with van der Waals surface area (Å²) in [5.41, 5.74) is 7.49. The SMILES string of the molecule is CCCCOc1ccc(CCC(=O)NC(C)(C)C)cc1N. The Balaban J connectivity index is 2.50. The van der Waals surface area contributed by atoms with Crippen molar-refractivity contribution in [1.29, 1.82) is 0 Å². The third-order valence-electron chi connectivity index (χ3n) is 2.98.